The molecule has 1 fully saturated rings. The lowest BCUT2D eigenvalue weighted by atomic mass is 10.1. The Hall–Kier alpha value is -4.24. The molecule has 15 heteroatoms. The van der Waals surface area contributed by atoms with Gasteiger partial charge in [-0.25, -0.2) is 9.59 Å². The van der Waals surface area contributed by atoms with Crippen molar-refractivity contribution in [2.24, 2.45) is 0 Å². The molecule has 3 atom stereocenters. The van der Waals surface area contributed by atoms with Crippen LogP contribution in [0.2, 0.25) is 0 Å². The number of nitrogens with one attached hydrogen (secondary N) is 1. The summed E-state index contributed by atoms with van der Waals surface area (Å²) < 4.78 is 10.4. The summed E-state index contributed by atoms with van der Waals surface area (Å²) in [7, 11) is 0. The molecule has 2 amide bonds. The van der Waals surface area contributed by atoms with Crippen LogP contribution in [-0.4, -0.2) is 67.6 Å². The number of nitro groups is 2. The second kappa shape index (κ2) is 13.5. The van der Waals surface area contributed by atoms with E-state index in [9.17, 15) is 39.7 Å². The molecule has 1 heterocycles. The van der Waals surface area contributed by atoms with E-state index >= 15 is 0 Å². The number of alkyl carbamates (subject to hydrolysis) is 1. The first kappa shape index (κ1) is 29.3. The van der Waals surface area contributed by atoms with Crippen LogP contribution in [0.5, 0.6) is 0 Å². The number of amides is 2. The van der Waals surface area contributed by atoms with Crippen molar-refractivity contribution in [1.82, 2.24) is 10.2 Å². The molecular weight excluding hydrogens is 536 g/mol. The molecule has 1 aliphatic rings. The number of aliphatic hydroxyl groups is 1. The molecular formula is C24H26N4O10S. The SMILES string of the molecule is CC(=O)S[C@H]1C[C@@H]([C@@H](O)CNC(=O)OCc2ccc([N+](=O)[O-])cc2)N(C(=O)OCc2ccc([N+](=O)[O-])cc2)C1. The molecule has 14 nitrogen and oxygen atoms in total. The molecule has 0 spiro atoms. The minimum Gasteiger partial charge on any atom is -0.445 e. The molecule has 1 aliphatic heterocycles. The minimum absolute atomic E-state index is 0.0973. The number of non-ortho nitro benzene ring substituents is 2. The summed E-state index contributed by atoms with van der Waals surface area (Å²) in [4.78, 5) is 58.3. The number of nitrogens with zero attached hydrogens (tertiary/aromatic N) is 3. The maximum absolute atomic E-state index is 12.8. The van der Waals surface area contributed by atoms with E-state index in [1.165, 1.54) is 60.4 Å². The van der Waals surface area contributed by atoms with Gasteiger partial charge < -0.3 is 24.8 Å². The van der Waals surface area contributed by atoms with Crippen LogP contribution in [0.15, 0.2) is 48.5 Å². The van der Waals surface area contributed by atoms with E-state index in [-0.39, 0.29) is 54.5 Å². The lowest BCUT2D eigenvalue weighted by molar-refractivity contribution is -0.385. The van der Waals surface area contributed by atoms with E-state index in [1.807, 2.05) is 0 Å². The number of carbonyl (C=O) groups is 3. The third-order valence-electron chi connectivity index (χ3n) is 5.80. The monoisotopic (exact) mass is 562 g/mol. The molecule has 2 aromatic carbocycles. The number of nitro benzene ring substituents is 2. The van der Waals surface area contributed by atoms with Crippen LogP contribution in [0.25, 0.3) is 0 Å². The highest BCUT2D eigenvalue weighted by Gasteiger charge is 2.41. The molecule has 0 unspecified atom stereocenters. The number of hydrogen-bond acceptors (Lipinski definition) is 11. The van der Waals surface area contributed by atoms with Gasteiger partial charge in [-0.15, -0.1) is 0 Å². The second-order valence-electron chi connectivity index (χ2n) is 8.61. The number of rotatable bonds is 10. The predicted octanol–water partition coefficient (Wildman–Crippen LogP) is 3.15. The van der Waals surface area contributed by atoms with Crippen LogP contribution in [0.1, 0.15) is 24.5 Å². The third kappa shape index (κ3) is 8.65. The molecule has 3 rings (SSSR count). The molecule has 2 aromatic rings. The van der Waals surface area contributed by atoms with Gasteiger partial charge in [0.15, 0.2) is 5.12 Å². The first-order valence-electron chi connectivity index (χ1n) is 11.7. The number of ether oxygens (including phenoxy) is 2. The lowest BCUT2D eigenvalue weighted by Crippen LogP contribution is -2.47. The van der Waals surface area contributed by atoms with E-state index < -0.39 is 34.2 Å². The quantitative estimate of drug-likeness (QED) is 0.319. The van der Waals surface area contributed by atoms with Gasteiger partial charge in [-0.2, -0.15) is 0 Å². The van der Waals surface area contributed by atoms with Gasteiger partial charge in [0.2, 0.25) is 0 Å². The Morgan fingerprint density at radius 2 is 1.51 bits per heavy atom. The molecule has 0 aromatic heterocycles. The van der Waals surface area contributed by atoms with Crippen LogP contribution in [0.4, 0.5) is 21.0 Å². The average molecular weight is 563 g/mol. The zero-order valence-electron chi connectivity index (χ0n) is 20.8. The third-order valence-corrected chi connectivity index (χ3v) is 6.81. The molecule has 0 aliphatic carbocycles. The highest BCUT2D eigenvalue weighted by atomic mass is 32.2. The van der Waals surface area contributed by atoms with E-state index in [0.29, 0.717) is 11.1 Å². The van der Waals surface area contributed by atoms with E-state index in [4.69, 9.17) is 9.47 Å². The molecule has 0 bridgehead atoms. The van der Waals surface area contributed by atoms with Crippen LogP contribution < -0.4 is 5.32 Å². The fraction of sp³-hybridized carbons (Fsp3) is 0.375. The summed E-state index contributed by atoms with van der Waals surface area (Å²) in [6.07, 6.45) is -2.52. The van der Waals surface area contributed by atoms with Crippen molar-refractivity contribution >= 4 is 40.4 Å². The average Bonchev–Trinajstić information content (AvgIpc) is 3.32. The molecule has 39 heavy (non-hydrogen) atoms. The Balaban J connectivity index is 1.54. The standard InChI is InChI=1S/C24H26N4O10S/c1-15(29)39-20-10-21(26(12-20)24(32)38-14-17-4-8-19(9-5-17)28(35)36)22(30)11-25-23(31)37-13-16-2-6-18(7-3-16)27(33)34/h2-9,20-22,30H,10-14H2,1H3,(H,25,31)/t20-,21-,22-/m0/s1. The first-order chi connectivity index (χ1) is 18.5. The van der Waals surface area contributed by atoms with Gasteiger partial charge in [-0.3, -0.25) is 25.0 Å². The summed E-state index contributed by atoms with van der Waals surface area (Å²) in [6, 6.07) is 10.2. The van der Waals surface area contributed by atoms with E-state index in [1.54, 1.807) is 0 Å². The Bertz CT molecular complexity index is 1210. The highest BCUT2D eigenvalue weighted by Crippen LogP contribution is 2.30. The summed E-state index contributed by atoms with van der Waals surface area (Å²) in [5.74, 6) is 0. The van der Waals surface area contributed by atoms with Gasteiger partial charge in [-0.05, 0) is 41.8 Å². The van der Waals surface area contributed by atoms with E-state index in [2.05, 4.69) is 5.32 Å². The summed E-state index contributed by atoms with van der Waals surface area (Å²) >= 11 is 1.04. The molecule has 2 N–H and O–H groups in total. The second-order valence-corrected chi connectivity index (χ2v) is 10.1. The van der Waals surface area contributed by atoms with Gasteiger partial charge in [0, 0.05) is 49.5 Å². The van der Waals surface area contributed by atoms with Gasteiger partial charge >= 0.3 is 12.2 Å². The Morgan fingerprint density at radius 1 is 1.00 bits per heavy atom. The Morgan fingerprint density at radius 3 is 2.00 bits per heavy atom. The molecule has 0 radical (unpaired) electrons. The molecule has 0 saturated carbocycles. The van der Waals surface area contributed by atoms with Crippen LogP contribution in [-0.2, 0) is 27.5 Å². The van der Waals surface area contributed by atoms with Gasteiger partial charge in [0.05, 0.1) is 22.0 Å². The van der Waals surface area contributed by atoms with E-state index in [0.717, 1.165) is 11.8 Å². The van der Waals surface area contributed by atoms with Crippen LogP contribution in [0.3, 0.4) is 0 Å². The molecule has 1 saturated heterocycles. The number of hydrogen-bond donors (Lipinski definition) is 2. The van der Waals surface area contributed by atoms with Crippen molar-refractivity contribution in [3.05, 3.63) is 79.9 Å². The number of likely N-dealkylation sites (tertiary alicyclic amines) is 1. The van der Waals surface area contributed by atoms with Crippen LogP contribution in [0, 0.1) is 20.2 Å². The highest BCUT2D eigenvalue weighted by molar-refractivity contribution is 8.14. The predicted molar refractivity (Wildman–Crippen MR) is 138 cm³/mol. The number of thioether (sulfide) groups is 1. The van der Waals surface area contributed by atoms with Gasteiger partial charge in [0.1, 0.15) is 13.2 Å². The van der Waals surface area contributed by atoms with Crippen LogP contribution >= 0.6 is 11.8 Å². The lowest BCUT2D eigenvalue weighted by Gasteiger charge is -2.28. The summed E-state index contributed by atoms with van der Waals surface area (Å²) in [5, 5.41) is 34.3. The Kier molecular flexibility index (Phi) is 10.2. The number of benzene rings is 2. The Labute approximate surface area is 226 Å². The van der Waals surface area contributed by atoms with Crippen molar-refractivity contribution in [3.63, 3.8) is 0 Å². The summed E-state index contributed by atoms with van der Waals surface area (Å²) in [5.41, 5.74) is 0.853. The first-order valence-corrected chi connectivity index (χ1v) is 12.6. The number of carbonyl (C=O) groups excluding carboxylic acids is 3. The number of aliphatic hydroxyl groups excluding tert-OH is 1. The fourth-order valence-corrected chi connectivity index (χ4v) is 4.90. The van der Waals surface area contributed by atoms with Crippen molar-refractivity contribution < 1.29 is 38.8 Å². The summed E-state index contributed by atoms with van der Waals surface area (Å²) in [6.45, 7) is 0.965. The van der Waals surface area contributed by atoms with Crippen molar-refractivity contribution in [1.29, 1.82) is 0 Å². The zero-order valence-corrected chi connectivity index (χ0v) is 21.6. The zero-order chi connectivity index (χ0) is 28.5. The normalized spacial score (nSPS) is 17.2. The molecule has 208 valence electrons. The smallest absolute Gasteiger partial charge is 0.410 e. The van der Waals surface area contributed by atoms with Crippen molar-refractivity contribution in [2.45, 2.75) is 44.0 Å². The van der Waals surface area contributed by atoms with Crippen molar-refractivity contribution in [2.75, 3.05) is 13.1 Å². The minimum atomic E-state index is -1.21. The maximum atomic E-state index is 12.8. The largest absolute Gasteiger partial charge is 0.445 e. The topological polar surface area (TPSA) is 191 Å². The van der Waals surface area contributed by atoms with Gasteiger partial charge in [0.25, 0.3) is 11.4 Å². The maximum Gasteiger partial charge on any atom is 0.410 e. The van der Waals surface area contributed by atoms with Gasteiger partial charge in [-0.1, -0.05) is 11.8 Å². The fourth-order valence-electron chi connectivity index (χ4n) is 3.90. The van der Waals surface area contributed by atoms with Crippen molar-refractivity contribution in [3.8, 4) is 0 Å².